The maximum Gasteiger partial charge on any atom is 0.170 e. The molecule has 0 atom stereocenters. The highest BCUT2D eigenvalue weighted by Crippen LogP contribution is 2.21. The first-order chi connectivity index (χ1) is 7.24. The van der Waals surface area contributed by atoms with Crippen molar-refractivity contribution in [1.82, 2.24) is 20.2 Å². The first-order valence-corrected chi connectivity index (χ1v) is 4.84. The summed E-state index contributed by atoms with van der Waals surface area (Å²) in [5.74, 6) is 0.611. The van der Waals surface area contributed by atoms with E-state index in [1.165, 1.54) is 0 Å². The minimum absolute atomic E-state index is 0.291. The van der Waals surface area contributed by atoms with Crippen LogP contribution in [0.1, 0.15) is 11.4 Å². The molecule has 0 amide bonds. The molecule has 1 aromatic heterocycles. The highest BCUT2D eigenvalue weighted by atomic mass is 35.5. The SMILES string of the molecule is Cc1c(Cl)cccc1-n1nnnc1CN. The fourth-order valence-electron chi connectivity index (χ4n) is 1.35. The molecule has 0 spiro atoms. The average Bonchev–Trinajstić information content (AvgIpc) is 2.70. The van der Waals surface area contributed by atoms with E-state index in [9.17, 15) is 0 Å². The molecule has 0 radical (unpaired) electrons. The van der Waals surface area contributed by atoms with E-state index < -0.39 is 0 Å². The van der Waals surface area contributed by atoms with Crippen molar-refractivity contribution in [3.05, 3.63) is 34.6 Å². The number of hydrogen-bond donors (Lipinski definition) is 1. The van der Waals surface area contributed by atoms with E-state index in [1.807, 2.05) is 25.1 Å². The fraction of sp³-hybridized carbons (Fsp3) is 0.222. The van der Waals surface area contributed by atoms with Crippen LogP contribution in [0.5, 0.6) is 0 Å². The molecule has 0 aliphatic carbocycles. The van der Waals surface area contributed by atoms with Gasteiger partial charge in [0.15, 0.2) is 5.82 Å². The Balaban J connectivity index is 2.59. The average molecular weight is 224 g/mol. The number of nitrogens with zero attached hydrogens (tertiary/aromatic N) is 4. The number of aromatic nitrogens is 4. The van der Waals surface area contributed by atoms with E-state index in [1.54, 1.807) is 4.68 Å². The van der Waals surface area contributed by atoms with Gasteiger partial charge in [-0.2, -0.15) is 4.68 Å². The molecule has 15 heavy (non-hydrogen) atoms. The molecule has 0 saturated carbocycles. The third-order valence-corrected chi connectivity index (χ3v) is 2.59. The number of hydrogen-bond acceptors (Lipinski definition) is 4. The lowest BCUT2D eigenvalue weighted by Crippen LogP contribution is -2.09. The minimum Gasteiger partial charge on any atom is -0.324 e. The van der Waals surface area contributed by atoms with Gasteiger partial charge >= 0.3 is 0 Å². The van der Waals surface area contributed by atoms with Gasteiger partial charge in [0, 0.05) is 5.02 Å². The highest BCUT2D eigenvalue weighted by molar-refractivity contribution is 6.31. The normalized spacial score (nSPS) is 10.6. The Morgan fingerprint density at radius 3 is 3.00 bits per heavy atom. The number of benzene rings is 1. The standard InChI is InChI=1S/C9H10ClN5/c1-6-7(10)3-2-4-8(6)15-9(5-11)12-13-14-15/h2-4H,5,11H2,1H3. The van der Waals surface area contributed by atoms with Crippen LogP contribution < -0.4 is 5.73 Å². The van der Waals surface area contributed by atoms with Gasteiger partial charge in [-0.1, -0.05) is 17.7 Å². The number of rotatable bonds is 2. The molecule has 5 nitrogen and oxygen atoms in total. The first kappa shape index (κ1) is 10.1. The van der Waals surface area contributed by atoms with Crippen molar-refractivity contribution < 1.29 is 0 Å². The zero-order chi connectivity index (χ0) is 10.8. The molecule has 2 aromatic rings. The fourth-order valence-corrected chi connectivity index (χ4v) is 1.52. The quantitative estimate of drug-likeness (QED) is 0.827. The van der Waals surface area contributed by atoms with E-state index in [4.69, 9.17) is 17.3 Å². The van der Waals surface area contributed by atoms with Gasteiger partial charge in [-0.3, -0.25) is 0 Å². The summed E-state index contributed by atoms with van der Waals surface area (Å²) in [4.78, 5) is 0. The van der Waals surface area contributed by atoms with E-state index in [0.29, 0.717) is 17.4 Å². The zero-order valence-corrected chi connectivity index (χ0v) is 8.94. The van der Waals surface area contributed by atoms with Crippen LogP contribution in [-0.4, -0.2) is 20.2 Å². The Morgan fingerprint density at radius 2 is 2.27 bits per heavy atom. The van der Waals surface area contributed by atoms with E-state index in [-0.39, 0.29) is 0 Å². The van der Waals surface area contributed by atoms with Gasteiger partial charge in [0.05, 0.1) is 12.2 Å². The van der Waals surface area contributed by atoms with Crippen LogP contribution in [0.15, 0.2) is 18.2 Å². The number of halogens is 1. The molecule has 2 rings (SSSR count). The molecule has 1 heterocycles. The molecular weight excluding hydrogens is 214 g/mol. The van der Waals surface area contributed by atoms with Crippen molar-refractivity contribution in [3.8, 4) is 5.69 Å². The van der Waals surface area contributed by atoms with Crippen molar-refractivity contribution in [2.75, 3.05) is 0 Å². The lowest BCUT2D eigenvalue weighted by Gasteiger charge is -2.07. The summed E-state index contributed by atoms with van der Waals surface area (Å²) in [6.45, 7) is 2.21. The lowest BCUT2D eigenvalue weighted by molar-refractivity contribution is 0.757. The zero-order valence-electron chi connectivity index (χ0n) is 8.18. The van der Waals surface area contributed by atoms with Gasteiger partial charge < -0.3 is 5.73 Å². The summed E-state index contributed by atoms with van der Waals surface area (Å²) in [6, 6.07) is 5.58. The van der Waals surface area contributed by atoms with Gasteiger partial charge in [-0.05, 0) is 35.0 Å². The molecule has 0 aliphatic rings. The first-order valence-electron chi connectivity index (χ1n) is 4.47. The molecule has 1 aromatic carbocycles. The topological polar surface area (TPSA) is 69.6 Å². The van der Waals surface area contributed by atoms with Gasteiger partial charge in [-0.25, -0.2) is 0 Å². The van der Waals surface area contributed by atoms with Crippen LogP contribution in [0.2, 0.25) is 5.02 Å². The van der Waals surface area contributed by atoms with Crippen LogP contribution in [0.3, 0.4) is 0 Å². The molecule has 0 saturated heterocycles. The molecule has 0 aliphatic heterocycles. The molecular formula is C9H10ClN5. The van der Waals surface area contributed by atoms with Crippen LogP contribution in [0.4, 0.5) is 0 Å². The molecule has 0 bridgehead atoms. The summed E-state index contributed by atoms with van der Waals surface area (Å²) in [5.41, 5.74) is 7.31. The van der Waals surface area contributed by atoms with Crippen molar-refractivity contribution in [3.63, 3.8) is 0 Å². The van der Waals surface area contributed by atoms with Crippen LogP contribution in [-0.2, 0) is 6.54 Å². The summed E-state index contributed by atoms with van der Waals surface area (Å²) in [5, 5.41) is 12.0. The van der Waals surface area contributed by atoms with E-state index in [2.05, 4.69) is 15.5 Å². The number of tetrazole rings is 1. The highest BCUT2D eigenvalue weighted by Gasteiger charge is 2.09. The summed E-state index contributed by atoms with van der Waals surface area (Å²) < 4.78 is 1.60. The van der Waals surface area contributed by atoms with Gasteiger partial charge in [0.25, 0.3) is 0 Å². The van der Waals surface area contributed by atoms with Crippen molar-refractivity contribution in [1.29, 1.82) is 0 Å². The largest absolute Gasteiger partial charge is 0.324 e. The predicted molar refractivity (Wildman–Crippen MR) is 56.8 cm³/mol. The van der Waals surface area contributed by atoms with E-state index >= 15 is 0 Å². The lowest BCUT2D eigenvalue weighted by atomic mass is 10.2. The van der Waals surface area contributed by atoms with Crippen molar-refractivity contribution in [2.45, 2.75) is 13.5 Å². The maximum atomic E-state index is 6.01. The Bertz CT molecular complexity index is 479. The summed E-state index contributed by atoms with van der Waals surface area (Å²) in [7, 11) is 0. The monoisotopic (exact) mass is 223 g/mol. The van der Waals surface area contributed by atoms with Crippen LogP contribution in [0, 0.1) is 6.92 Å². The third-order valence-electron chi connectivity index (χ3n) is 2.18. The molecule has 2 N–H and O–H groups in total. The second-order valence-corrected chi connectivity index (χ2v) is 3.50. The van der Waals surface area contributed by atoms with Crippen molar-refractivity contribution in [2.24, 2.45) is 5.73 Å². The third kappa shape index (κ3) is 1.71. The van der Waals surface area contributed by atoms with Gasteiger partial charge in [0.1, 0.15) is 0 Å². The Morgan fingerprint density at radius 1 is 1.47 bits per heavy atom. The Labute approximate surface area is 91.8 Å². The van der Waals surface area contributed by atoms with Crippen molar-refractivity contribution >= 4 is 11.6 Å². The smallest absolute Gasteiger partial charge is 0.170 e. The Hall–Kier alpha value is -1.46. The van der Waals surface area contributed by atoms with Gasteiger partial charge in [-0.15, -0.1) is 5.10 Å². The van der Waals surface area contributed by atoms with Gasteiger partial charge in [0.2, 0.25) is 0 Å². The second-order valence-electron chi connectivity index (χ2n) is 3.10. The molecule has 78 valence electrons. The summed E-state index contributed by atoms with van der Waals surface area (Å²) in [6.07, 6.45) is 0. The van der Waals surface area contributed by atoms with Crippen LogP contribution in [0.25, 0.3) is 5.69 Å². The minimum atomic E-state index is 0.291. The van der Waals surface area contributed by atoms with E-state index in [0.717, 1.165) is 11.3 Å². The second kappa shape index (κ2) is 3.96. The number of nitrogens with two attached hydrogens (primary N) is 1. The molecule has 6 heteroatoms. The predicted octanol–water partition coefficient (Wildman–Crippen LogP) is 1.08. The van der Waals surface area contributed by atoms with Crippen LogP contribution >= 0.6 is 11.6 Å². The molecule has 0 unspecified atom stereocenters. The summed E-state index contributed by atoms with van der Waals surface area (Å²) >= 11 is 6.01. The maximum absolute atomic E-state index is 6.01. The Kier molecular flexibility index (Phi) is 2.66. The molecule has 0 fully saturated rings.